The van der Waals surface area contributed by atoms with Gasteiger partial charge in [0.25, 0.3) is 5.91 Å². The molecule has 2 heterocycles. The number of hydrogen-bond acceptors (Lipinski definition) is 7. The molecule has 4 N–H and O–H groups in total. The molecule has 40 heavy (non-hydrogen) atoms. The first-order chi connectivity index (χ1) is 18.2. The second-order valence-electron chi connectivity index (χ2n) is 8.48. The van der Waals surface area contributed by atoms with Crippen LogP contribution in [0.5, 0.6) is 0 Å². The first kappa shape index (κ1) is 30.9. The van der Waals surface area contributed by atoms with E-state index in [2.05, 4.69) is 9.73 Å². The molecule has 0 atom stereocenters. The number of alkyl halides is 6. The van der Waals surface area contributed by atoms with E-state index in [-0.39, 0.29) is 45.3 Å². The largest absolute Gasteiger partial charge is 0.465 e. The maximum Gasteiger partial charge on any atom is 0.417 e. The lowest BCUT2D eigenvalue weighted by molar-refractivity contribution is -0.138. The maximum absolute atomic E-state index is 13.0. The number of hydrogen-bond donors (Lipinski definition) is 2. The van der Waals surface area contributed by atoms with Gasteiger partial charge in [0, 0.05) is 0 Å². The van der Waals surface area contributed by atoms with Crippen LogP contribution in [-0.4, -0.2) is 53.3 Å². The Kier molecular flexibility index (Phi) is 8.01. The Morgan fingerprint density at radius 2 is 1.18 bits per heavy atom. The van der Waals surface area contributed by atoms with Crippen molar-refractivity contribution in [3.8, 4) is 0 Å². The van der Waals surface area contributed by atoms with Crippen LogP contribution < -0.4 is 11.5 Å². The lowest BCUT2D eigenvalue weighted by atomic mass is 10.0. The third-order valence-electron chi connectivity index (χ3n) is 5.83. The lowest BCUT2D eigenvalue weighted by Gasteiger charge is -2.13. The second-order valence-corrected chi connectivity index (χ2v) is 12.6. The Labute approximate surface area is 222 Å². The van der Waals surface area contributed by atoms with Crippen molar-refractivity contribution in [2.75, 3.05) is 18.6 Å². The summed E-state index contributed by atoms with van der Waals surface area (Å²) in [5.41, 5.74) is 5.95. The predicted octanol–water partition coefficient (Wildman–Crippen LogP) is 2.27. The third kappa shape index (κ3) is 6.22. The molecule has 0 saturated carbocycles. The van der Waals surface area contributed by atoms with Crippen LogP contribution in [0.3, 0.4) is 0 Å². The topological polar surface area (TPSA) is 176 Å². The highest BCUT2D eigenvalue weighted by molar-refractivity contribution is 7.92. The summed E-state index contributed by atoms with van der Waals surface area (Å²) in [7, 11) is -6.36. The van der Waals surface area contributed by atoms with E-state index in [9.17, 15) is 52.8 Å². The fourth-order valence-electron chi connectivity index (χ4n) is 4.03. The highest BCUT2D eigenvalue weighted by atomic mass is 32.2. The third-order valence-corrected chi connectivity index (χ3v) is 9.41. The van der Waals surface area contributed by atoms with Gasteiger partial charge in [0.2, 0.25) is 0 Å². The Bertz CT molecular complexity index is 1640. The molecular formula is C22H19F6N3O7S2. The molecule has 0 aliphatic carbocycles. The molecule has 0 aromatic heterocycles. The van der Waals surface area contributed by atoms with Gasteiger partial charge in [-0.2, -0.15) is 31.3 Å². The summed E-state index contributed by atoms with van der Waals surface area (Å²) in [6, 6.07) is 2.82. The van der Waals surface area contributed by atoms with Crippen LogP contribution in [0.1, 0.15) is 43.0 Å². The highest BCUT2D eigenvalue weighted by Gasteiger charge is 2.40. The van der Waals surface area contributed by atoms with Gasteiger partial charge in [-0.1, -0.05) is 0 Å². The zero-order chi connectivity index (χ0) is 30.4. The molecule has 2 aromatic rings. The number of guanidine groups is 1. The minimum atomic E-state index is -4.83. The number of carbonyl (C=O) groups is 2. The van der Waals surface area contributed by atoms with Gasteiger partial charge in [-0.05, 0) is 48.2 Å². The van der Waals surface area contributed by atoms with E-state index in [0.29, 0.717) is 18.2 Å². The minimum absolute atomic E-state index is 0.0161. The van der Waals surface area contributed by atoms with Gasteiger partial charge in [0.15, 0.2) is 25.6 Å². The molecule has 18 heteroatoms. The van der Waals surface area contributed by atoms with Crippen LogP contribution in [0, 0.1) is 0 Å². The van der Waals surface area contributed by atoms with Crippen LogP contribution in [0.25, 0.3) is 0 Å². The molecule has 0 bridgehead atoms. The SMILES string of the molecule is COC(=O)c1cc2c(cc1C(F)(F)F)CCS2(=O)=O.NC(N)=NC(=O)c1cc2c(cc1C(F)(F)F)CCS2(=O)=O. The number of rotatable bonds is 2. The molecule has 1 amide bonds. The van der Waals surface area contributed by atoms with Crippen LogP contribution in [-0.2, 0) is 49.6 Å². The average molecular weight is 616 g/mol. The lowest BCUT2D eigenvalue weighted by Crippen LogP contribution is -2.25. The van der Waals surface area contributed by atoms with Crippen molar-refractivity contribution >= 4 is 37.5 Å². The zero-order valence-electron chi connectivity index (χ0n) is 20.2. The Balaban J connectivity index is 0.000000222. The van der Waals surface area contributed by atoms with E-state index in [4.69, 9.17) is 11.5 Å². The van der Waals surface area contributed by atoms with Gasteiger partial charge < -0.3 is 16.2 Å². The molecule has 218 valence electrons. The second kappa shape index (κ2) is 10.4. The van der Waals surface area contributed by atoms with Gasteiger partial charge in [-0.25, -0.2) is 21.6 Å². The monoisotopic (exact) mass is 615 g/mol. The number of aliphatic imine (C=N–C) groups is 1. The van der Waals surface area contributed by atoms with Crippen molar-refractivity contribution in [2.45, 2.75) is 35.0 Å². The number of methoxy groups -OCH3 is 1. The van der Waals surface area contributed by atoms with Gasteiger partial charge in [-0.3, -0.25) is 4.79 Å². The van der Waals surface area contributed by atoms with Crippen molar-refractivity contribution in [1.29, 1.82) is 0 Å². The van der Waals surface area contributed by atoms with Crippen LogP contribution in [0.4, 0.5) is 26.3 Å². The number of sulfone groups is 2. The molecule has 2 aliphatic heterocycles. The number of halogens is 6. The number of benzene rings is 2. The molecule has 0 radical (unpaired) electrons. The summed E-state index contributed by atoms with van der Waals surface area (Å²) < 4.78 is 129. The van der Waals surface area contributed by atoms with E-state index >= 15 is 0 Å². The molecule has 0 spiro atoms. The van der Waals surface area contributed by atoms with Crippen LogP contribution >= 0.6 is 0 Å². The Morgan fingerprint density at radius 3 is 1.55 bits per heavy atom. The first-order valence-corrected chi connectivity index (χ1v) is 14.2. The number of nitrogens with two attached hydrogens (primary N) is 2. The summed E-state index contributed by atoms with van der Waals surface area (Å²) in [6.07, 6.45) is -9.59. The fourth-order valence-corrected chi connectivity index (χ4v) is 7.16. The average Bonchev–Trinajstić information content (AvgIpc) is 3.30. The Hall–Kier alpha value is -3.67. The van der Waals surface area contributed by atoms with E-state index in [1.54, 1.807) is 0 Å². The summed E-state index contributed by atoms with van der Waals surface area (Å²) in [6.45, 7) is 0. The van der Waals surface area contributed by atoms with Crippen molar-refractivity contribution in [3.05, 3.63) is 57.6 Å². The van der Waals surface area contributed by atoms with Crippen molar-refractivity contribution in [2.24, 2.45) is 16.5 Å². The number of ether oxygens (including phenoxy) is 1. The first-order valence-electron chi connectivity index (χ1n) is 10.8. The van der Waals surface area contributed by atoms with Gasteiger partial charge in [0.05, 0.1) is 50.7 Å². The van der Waals surface area contributed by atoms with E-state index < -0.39 is 72.1 Å². The maximum atomic E-state index is 13.0. The molecule has 0 fully saturated rings. The number of aryl methyl sites for hydroxylation is 2. The number of fused-ring (bicyclic) bond motifs is 2. The molecule has 10 nitrogen and oxygen atoms in total. The van der Waals surface area contributed by atoms with E-state index in [1.807, 2.05) is 0 Å². The summed E-state index contributed by atoms with van der Waals surface area (Å²) >= 11 is 0. The number of carbonyl (C=O) groups excluding carboxylic acids is 2. The van der Waals surface area contributed by atoms with Crippen LogP contribution in [0.2, 0.25) is 0 Å². The number of esters is 1. The molecule has 2 aromatic carbocycles. The van der Waals surface area contributed by atoms with E-state index in [0.717, 1.165) is 13.2 Å². The van der Waals surface area contributed by atoms with Gasteiger partial charge in [0.1, 0.15) is 0 Å². The molecular weight excluding hydrogens is 596 g/mol. The highest BCUT2D eigenvalue weighted by Crippen LogP contribution is 2.39. The minimum Gasteiger partial charge on any atom is -0.465 e. The molecule has 4 rings (SSSR count). The van der Waals surface area contributed by atoms with Crippen molar-refractivity contribution in [1.82, 2.24) is 0 Å². The quantitative estimate of drug-likeness (QED) is 0.222. The van der Waals surface area contributed by atoms with Crippen molar-refractivity contribution in [3.63, 3.8) is 0 Å². The predicted molar refractivity (Wildman–Crippen MR) is 126 cm³/mol. The summed E-state index contributed by atoms with van der Waals surface area (Å²) in [4.78, 5) is 25.6. The molecule has 0 saturated heterocycles. The standard InChI is InChI=1S/C11H10F3N3O3S.C11H9F3O4S/c12-11(13,14)7-3-5-1-2-21(19,20)8(5)4-6(7)9(18)17-10(15)16;1-18-10(15)7-5-9-6(2-3-19(9,16)17)4-8(7)11(12,13)14/h3-4H,1-2H2,(H4,15,16,17,18);4-5H,2-3H2,1H3. The molecule has 0 unspecified atom stereocenters. The van der Waals surface area contributed by atoms with Gasteiger partial charge >= 0.3 is 18.3 Å². The fraction of sp³-hybridized carbons (Fsp3) is 0.318. The number of nitrogens with zero attached hydrogens (tertiary/aromatic N) is 1. The van der Waals surface area contributed by atoms with Crippen molar-refractivity contribution < 1.29 is 57.5 Å². The summed E-state index contributed by atoms with van der Waals surface area (Å²) in [5.74, 6) is -3.80. The molecule has 2 aliphatic rings. The number of amides is 1. The van der Waals surface area contributed by atoms with Gasteiger partial charge in [-0.15, -0.1) is 0 Å². The summed E-state index contributed by atoms with van der Waals surface area (Å²) in [5, 5.41) is 0. The zero-order valence-corrected chi connectivity index (χ0v) is 21.8. The van der Waals surface area contributed by atoms with E-state index in [1.165, 1.54) is 0 Å². The Morgan fingerprint density at radius 1 is 0.775 bits per heavy atom. The normalized spacial score (nSPS) is 16.7. The van der Waals surface area contributed by atoms with Crippen LogP contribution in [0.15, 0.2) is 39.0 Å². The smallest absolute Gasteiger partial charge is 0.417 e.